The highest BCUT2D eigenvalue weighted by Crippen LogP contribution is 2.35. The molecule has 1 fully saturated rings. The minimum atomic E-state index is -3.89. The number of carbonyl (C=O) groups is 1. The number of hydrogen-bond acceptors (Lipinski definition) is 5. The van der Waals surface area contributed by atoms with Gasteiger partial charge in [0.15, 0.2) is 0 Å². The molecule has 1 saturated heterocycles. The van der Waals surface area contributed by atoms with Gasteiger partial charge in [-0.3, -0.25) is 9.10 Å². The zero-order valence-corrected chi connectivity index (χ0v) is 20.8. The molecular weight excluding hydrogens is 521 g/mol. The lowest BCUT2D eigenvalue weighted by Crippen LogP contribution is -2.37. The second-order valence-corrected chi connectivity index (χ2v) is 12.2. The molecule has 0 bridgehead atoms. The van der Waals surface area contributed by atoms with Gasteiger partial charge in [-0.25, -0.2) is 16.8 Å². The number of rotatable bonds is 7. The number of sulfonamides is 2. The number of carbonyl (C=O) groups excluding carboxylic acids is 1. The number of nitrogens with one attached hydrogen (secondary N) is 1. The summed E-state index contributed by atoms with van der Waals surface area (Å²) >= 11 is 18.0. The minimum absolute atomic E-state index is 0.00534. The highest BCUT2D eigenvalue weighted by atomic mass is 35.5. The van der Waals surface area contributed by atoms with Gasteiger partial charge in [0.05, 0.1) is 31.9 Å². The molecule has 0 spiro atoms. The van der Waals surface area contributed by atoms with Crippen LogP contribution in [0.25, 0.3) is 0 Å². The molecule has 2 aromatic carbocycles. The number of anilines is 2. The van der Waals surface area contributed by atoms with Crippen LogP contribution in [0.2, 0.25) is 15.1 Å². The van der Waals surface area contributed by atoms with Gasteiger partial charge >= 0.3 is 0 Å². The Morgan fingerprint density at radius 2 is 1.53 bits per heavy atom. The van der Waals surface area contributed by atoms with E-state index in [1.54, 1.807) is 0 Å². The summed E-state index contributed by atoms with van der Waals surface area (Å²) < 4.78 is 52.0. The zero-order valence-electron chi connectivity index (χ0n) is 16.9. The summed E-state index contributed by atoms with van der Waals surface area (Å²) in [6.45, 7) is 0.392. The Kier molecular flexibility index (Phi) is 7.63. The number of benzene rings is 2. The molecule has 2 aromatic rings. The Bertz CT molecular complexity index is 1230. The summed E-state index contributed by atoms with van der Waals surface area (Å²) in [5.41, 5.74) is 0.315. The maximum Gasteiger partial charge on any atom is 0.245 e. The molecule has 1 aliphatic rings. The molecular formula is C19H20Cl3N3O5S2. The molecule has 1 amide bonds. The lowest BCUT2D eigenvalue weighted by atomic mass is 10.3. The van der Waals surface area contributed by atoms with Crippen molar-refractivity contribution in [1.82, 2.24) is 4.31 Å². The summed E-state index contributed by atoms with van der Waals surface area (Å²) in [6, 6.07) is 8.23. The molecule has 3 rings (SSSR count). The first-order valence-electron chi connectivity index (χ1n) is 9.42. The number of hydrogen-bond donors (Lipinski definition) is 1. The van der Waals surface area contributed by atoms with Crippen molar-refractivity contribution in [2.24, 2.45) is 0 Å². The Morgan fingerprint density at radius 3 is 2.09 bits per heavy atom. The average Bonchev–Trinajstić information content (AvgIpc) is 3.24. The van der Waals surface area contributed by atoms with Crippen molar-refractivity contribution >= 4 is 72.1 Å². The van der Waals surface area contributed by atoms with E-state index >= 15 is 0 Å². The van der Waals surface area contributed by atoms with Crippen molar-refractivity contribution in [1.29, 1.82) is 0 Å². The molecule has 1 heterocycles. The Balaban J connectivity index is 1.76. The smallest absolute Gasteiger partial charge is 0.245 e. The first kappa shape index (κ1) is 25.1. The van der Waals surface area contributed by atoms with E-state index in [2.05, 4.69) is 5.32 Å². The largest absolute Gasteiger partial charge is 0.325 e. The number of halogens is 3. The predicted octanol–water partition coefficient (Wildman–Crippen LogP) is 3.84. The van der Waals surface area contributed by atoms with Crippen LogP contribution in [0.5, 0.6) is 0 Å². The molecule has 0 unspecified atom stereocenters. The average molecular weight is 541 g/mol. The molecule has 8 nitrogen and oxygen atoms in total. The van der Waals surface area contributed by atoms with Crippen molar-refractivity contribution in [2.75, 3.05) is 35.5 Å². The normalized spacial score (nSPS) is 15.0. The van der Waals surface area contributed by atoms with Crippen LogP contribution in [0.4, 0.5) is 11.4 Å². The second kappa shape index (κ2) is 9.74. The standard InChI is InChI=1S/C19H20Cl3N3O5S2/c1-31(27,28)25(18-11-16(21)15(20)10-17(18)22)12-19(26)23-13-4-6-14(7-5-13)32(29,30)24-8-2-3-9-24/h4-7,10-11H,2-3,8-9,12H2,1H3,(H,23,26). The van der Waals surface area contributed by atoms with Crippen molar-refractivity contribution in [2.45, 2.75) is 17.7 Å². The maximum atomic E-state index is 12.6. The first-order chi connectivity index (χ1) is 14.9. The van der Waals surface area contributed by atoms with Gasteiger partial charge in [0.25, 0.3) is 0 Å². The van der Waals surface area contributed by atoms with Crippen molar-refractivity contribution in [3.8, 4) is 0 Å². The van der Waals surface area contributed by atoms with E-state index in [-0.39, 0.29) is 25.7 Å². The van der Waals surface area contributed by atoms with E-state index in [9.17, 15) is 21.6 Å². The van der Waals surface area contributed by atoms with Crippen LogP contribution in [-0.2, 0) is 24.8 Å². The van der Waals surface area contributed by atoms with E-state index in [1.807, 2.05) is 0 Å². The van der Waals surface area contributed by atoms with Crippen LogP contribution in [0.1, 0.15) is 12.8 Å². The molecule has 0 saturated carbocycles. The van der Waals surface area contributed by atoms with Crippen molar-refractivity contribution < 1.29 is 21.6 Å². The zero-order chi connectivity index (χ0) is 23.7. The van der Waals surface area contributed by atoms with Crippen molar-refractivity contribution in [3.05, 3.63) is 51.5 Å². The Morgan fingerprint density at radius 1 is 0.969 bits per heavy atom. The highest BCUT2D eigenvalue weighted by Gasteiger charge is 2.27. The topological polar surface area (TPSA) is 104 Å². The van der Waals surface area contributed by atoms with Gasteiger partial charge in [0.1, 0.15) is 6.54 Å². The van der Waals surface area contributed by atoms with E-state index in [1.165, 1.54) is 40.7 Å². The molecule has 0 radical (unpaired) electrons. The van der Waals surface area contributed by atoms with Crippen LogP contribution in [0, 0.1) is 0 Å². The quantitative estimate of drug-likeness (QED) is 0.538. The van der Waals surface area contributed by atoms with Gasteiger partial charge in [0, 0.05) is 18.8 Å². The van der Waals surface area contributed by atoms with Gasteiger partial charge in [-0.1, -0.05) is 34.8 Å². The van der Waals surface area contributed by atoms with E-state index < -0.39 is 32.5 Å². The Hall–Kier alpha value is -1.56. The maximum absolute atomic E-state index is 12.6. The summed E-state index contributed by atoms with van der Waals surface area (Å²) in [4.78, 5) is 12.7. The number of amides is 1. The van der Waals surface area contributed by atoms with E-state index in [0.29, 0.717) is 18.8 Å². The minimum Gasteiger partial charge on any atom is -0.325 e. The summed E-state index contributed by atoms with van der Waals surface area (Å²) in [5.74, 6) is -0.660. The molecule has 0 aromatic heterocycles. The van der Waals surface area contributed by atoms with Gasteiger partial charge in [-0.05, 0) is 49.2 Å². The predicted molar refractivity (Wildman–Crippen MR) is 127 cm³/mol. The SMILES string of the molecule is CS(=O)(=O)N(CC(=O)Nc1ccc(S(=O)(=O)N2CCCC2)cc1)c1cc(Cl)c(Cl)cc1Cl. The molecule has 13 heteroatoms. The summed E-state index contributed by atoms with van der Waals surface area (Å²) in [7, 11) is -7.47. The summed E-state index contributed by atoms with van der Waals surface area (Å²) in [6.07, 6.45) is 2.58. The fraction of sp³-hybridized carbons (Fsp3) is 0.316. The van der Waals surface area contributed by atoms with Crippen LogP contribution >= 0.6 is 34.8 Å². The molecule has 174 valence electrons. The van der Waals surface area contributed by atoms with Gasteiger partial charge < -0.3 is 5.32 Å². The molecule has 0 atom stereocenters. The van der Waals surface area contributed by atoms with E-state index in [4.69, 9.17) is 34.8 Å². The monoisotopic (exact) mass is 539 g/mol. The number of nitrogens with zero attached hydrogens (tertiary/aromatic N) is 2. The third-order valence-corrected chi connectivity index (χ3v) is 8.85. The van der Waals surface area contributed by atoms with Gasteiger partial charge in [-0.2, -0.15) is 4.31 Å². The molecule has 0 aliphatic carbocycles. The van der Waals surface area contributed by atoms with E-state index in [0.717, 1.165) is 23.4 Å². The van der Waals surface area contributed by atoms with Gasteiger partial charge in [0.2, 0.25) is 26.0 Å². The Labute approximate surface area is 202 Å². The van der Waals surface area contributed by atoms with Gasteiger partial charge in [-0.15, -0.1) is 0 Å². The van der Waals surface area contributed by atoms with Crippen LogP contribution in [0.15, 0.2) is 41.3 Å². The fourth-order valence-corrected chi connectivity index (χ4v) is 6.27. The summed E-state index contributed by atoms with van der Waals surface area (Å²) in [5, 5.41) is 2.78. The molecule has 32 heavy (non-hydrogen) atoms. The van der Waals surface area contributed by atoms with Crippen LogP contribution < -0.4 is 9.62 Å². The second-order valence-electron chi connectivity index (χ2n) is 7.17. The fourth-order valence-electron chi connectivity index (χ4n) is 3.20. The first-order valence-corrected chi connectivity index (χ1v) is 13.8. The third kappa shape index (κ3) is 5.67. The lowest BCUT2D eigenvalue weighted by Gasteiger charge is -2.23. The third-order valence-electron chi connectivity index (χ3n) is 4.79. The van der Waals surface area contributed by atoms with Crippen LogP contribution in [0.3, 0.4) is 0 Å². The van der Waals surface area contributed by atoms with Crippen molar-refractivity contribution in [3.63, 3.8) is 0 Å². The molecule has 1 aliphatic heterocycles. The molecule has 1 N–H and O–H groups in total. The highest BCUT2D eigenvalue weighted by molar-refractivity contribution is 7.92. The van der Waals surface area contributed by atoms with Crippen LogP contribution in [-0.4, -0.2) is 52.9 Å². The lowest BCUT2D eigenvalue weighted by molar-refractivity contribution is -0.114.